The fourth-order valence-corrected chi connectivity index (χ4v) is 6.58. The van der Waals surface area contributed by atoms with E-state index in [0.29, 0.717) is 28.6 Å². The van der Waals surface area contributed by atoms with Crippen molar-refractivity contribution in [3.05, 3.63) is 52.3 Å². The molecule has 0 spiro atoms. The van der Waals surface area contributed by atoms with Crippen LogP contribution in [0.3, 0.4) is 0 Å². The number of ether oxygens (including phenoxy) is 3. The first-order valence-corrected chi connectivity index (χ1v) is 16.8. The van der Waals surface area contributed by atoms with E-state index in [-0.39, 0.29) is 47.6 Å². The monoisotopic (exact) mass is 658 g/mol. The number of terminal acetylenes is 1. The number of amides is 1. The van der Waals surface area contributed by atoms with E-state index in [4.69, 9.17) is 24.8 Å². The molecule has 0 N–H and O–H groups in total. The summed E-state index contributed by atoms with van der Waals surface area (Å²) in [4.78, 5) is 18.6. The van der Waals surface area contributed by atoms with Crippen molar-refractivity contribution in [1.82, 2.24) is 8.94 Å². The number of benzene rings is 2. The Morgan fingerprint density at radius 1 is 1.22 bits per heavy atom. The number of rotatable bonds is 6. The topological polar surface area (TPSA) is 122 Å². The lowest BCUT2D eigenvalue weighted by molar-refractivity contribution is -0.121. The molecule has 0 fully saturated rings. The van der Waals surface area contributed by atoms with Gasteiger partial charge in [-0.1, -0.05) is 19.8 Å². The largest absolute Gasteiger partial charge is 0.481 e. The minimum Gasteiger partial charge on any atom is -0.481 e. The highest BCUT2D eigenvalue weighted by Crippen LogP contribution is 2.45. The SMILES string of the molecule is C#CCN1C(=O)COc2cc(F)c(/N=c3\snc4n3CC(C)(C)C4)cc21.CCOC1Oc2ccc(OS(C)(=O)=O)cc2C1(C)C. The summed E-state index contributed by atoms with van der Waals surface area (Å²) in [5.74, 6) is 3.91. The minimum absolute atomic E-state index is 0.0964. The van der Waals surface area contributed by atoms with Gasteiger partial charge in [0.25, 0.3) is 5.91 Å². The lowest BCUT2D eigenvalue weighted by atomic mass is 9.85. The number of hydrogen-bond acceptors (Lipinski definition) is 10. The Kier molecular flexibility index (Phi) is 8.74. The third-order valence-electron chi connectivity index (χ3n) is 7.47. The van der Waals surface area contributed by atoms with Gasteiger partial charge in [-0.15, -0.1) is 6.42 Å². The van der Waals surface area contributed by atoms with Crippen molar-refractivity contribution in [2.75, 3.05) is 30.9 Å². The van der Waals surface area contributed by atoms with E-state index < -0.39 is 15.9 Å². The Morgan fingerprint density at radius 2 is 1.98 bits per heavy atom. The predicted octanol–water partition coefficient (Wildman–Crippen LogP) is 4.31. The molecule has 3 aliphatic rings. The Balaban J connectivity index is 0.000000187. The molecule has 240 valence electrons. The maximum absolute atomic E-state index is 14.5. The first-order valence-electron chi connectivity index (χ1n) is 14.2. The molecule has 1 aromatic heterocycles. The number of halogens is 1. The van der Waals surface area contributed by atoms with Gasteiger partial charge >= 0.3 is 10.1 Å². The van der Waals surface area contributed by atoms with E-state index in [1.54, 1.807) is 18.2 Å². The molecule has 0 radical (unpaired) electrons. The minimum atomic E-state index is -3.53. The summed E-state index contributed by atoms with van der Waals surface area (Å²) in [6.07, 6.45) is 6.86. The zero-order valence-electron chi connectivity index (χ0n) is 25.9. The van der Waals surface area contributed by atoms with Crippen molar-refractivity contribution in [2.45, 2.75) is 59.3 Å². The Bertz CT molecular complexity index is 1860. The second-order valence-electron chi connectivity index (χ2n) is 12.2. The van der Waals surface area contributed by atoms with Crippen LogP contribution in [0.15, 0.2) is 35.3 Å². The molecule has 4 heterocycles. The van der Waals surface area contributed by atoms with Gasteiger partial charge in [-0.3, -0.25) is 9.69 Å². The summed E-state index contributed by atoms with van der Waals surface area (Å²) in [7, 11) is -3.53. The van der Waals surface area contributed by atoms with Crippen LogP contribution in [0, 0.1) is 23.6 Å². The van der Waals surface area contributed by atoms with Crippen molar-refractivity contribution in [3.8, 4) is 29.6 Å². The molecule has 0 bridgehead atoms. The lowest BCUT2D eigenvalue weighted by Crippen LogP contribution is -2.39. The maximum atomic E-state index is 14.5. The van der Waals surface area contributed by atoms with Gasteiger partial charge in [-0.05, 0) is 50.5 Å². The van der Waals surface area contributed by atoms with E-state index in [1.165, 1.54) is 28.6 Å². The van der Waals surface area contributed by atoms with Crippen molar-refractivity contribution in [3.63, 3.8) is 0 Å². The van der Waals surface area contributed by atoms with Crippen LogP contribution in [0.5, 0.6) is 17.2 Å². The van der Waals surface area contributed by atoms with Gasteiger partial charge in [-0.25, -0.2) is 9.38 Å². The summed E-state index contributed by atoms with van der Waals surface area (Å²) in [6, 6.07) is 7.72. The highest BCUT2D eigenvalue weighted by atomic mass is 32.2. The highest BCUT2D eigenvalue weighted by molar-refractivity contribution is 7.86. The average Bonchev–Trinajstić information content (AvgIpc) is 3.54. The summed E-state index contributed by atoms with van der Waals surface area (Å²) in [5.41, 5.74) is 1.20. The predicted molar refractivity (Wildman–Crippen MR) is 167 cm³/mol. The Labute approximate surface area is 265 Å². The molecule has 6 rings (SSSR count). The number of carbonyl (C=O) groups is 1. The first-order chi connectivity index (χ1) is 21.1. The van der Waals surface area contributed by atoms with Gasteiger partial charge in [-0.2, -0.15) is 12.8 Å². The first kappa shape index (κ1) is 32.5. The smallest absolute Gasteiger partial charge is 0.306 e. The third kappa shape index (κ3) is 6.85. The maximum Gasteiger partial charge on any atom is 0.306 e. The Morgan fingerprint density at radius 3 is 2.67 bits per heavy atom. The van der Waals surface area contributed by atoms with Crippen LogP contribution in [-0.2, 0) is 38.0 Å². The van der Waals surface area contributed by atoms with Crippen molar-refractivity contribution < 1.29 is 36.0 Å². The molecule has 3 aliphatic heterocycles. The van der Waals surface area contributed by atoms with Gasteiger partial charge in [0.15, 0.2) is 12.4 Å². The summed E-state index contributed by atoms with van der Waals surface area (Å²) in [6.45, 7) is 11.5. The van der Waals surface area contributed by atoms with E-state index in [2.05, 4.69) is 29.1 Å². The number of aromatic nitrogens is 2. The average molecular weight is 659 g/mol. The van der Waals surface area contributed by atoms with Gasteiger partial charge in [0.05, 0.1) is 23.9 Å². The van der Waals surface area contributed by atoms with Crippen LogP contribution in [-0.4, -0.2) is 55.6 Å². The summed E-state index contributed by atoms with van der Waals surface area (Å²) >= 11 is 1.24. The fourth-order valence-electron chi connectivity index (χ4n) is 5.37. The van der Waals surface area contributed by atoms with Gasteiger partial charge in [0, 0.05) is 42.7 Å². The molecule has 45 heavy (non-hydrogen) atoms. The van der Waals surface area contributed by atoms with Crippen LogP contribution in [0.4, 0.5) is 15.8 Å². The van der Waals surface area contributed by atoms with Crippen LogP contribution in [0.1, 0.15) is 46.0 Å². The van der Waals surface area contributed by atoms with Crippen LogP contribution in [0.2, 0.25) is 0 Å². The molecular weight excluding hydrogens is 623 g/mol. The van der Waals surface area contributed by atoms with E-state index in [0.717, 1.165) is 30.6 Å². The van der Waals surface area contributed by atoms with Gasteiger partial charge in [0.2, 0.25) is 11.1 Å². The molecule has 0 saturated heterocycles. The highest BCUT2D eigenvalue weighted by Gasteiger charge is 2.42. The van der Waals surface area contributed by atoms with Crippen molar-refractivity contribution >= 4 is 38.9 Å². The summed E-state index contributed by atoms with van der Waals surface area (Å²) < 4.78 is 64.8. The van der Waals surface area contributed by atoms with Gasteiger partial charge in [0.1, 0.15) is 28.8 Å². The molecule has 3 aromatic rings. The molecule has 14 heteroatoms. The Hall–Kier alpha value is -3.93. The van der Waals surface area contributed by atoms with E-state index in [1.807, 2.05) is 25.3 Å². The number of anilines is 1. The van der Waals surface area contributed by atoms with E-state index in [9.17, 15) is 17.6 Å². The number of carbonyl (C=O) groups excluding carboxylic acids is 1. The standard InChI is InChI=1S/C18H17FN4O2S.C13H18O5S/c1-4-5-22-13-7-12(11(19)6-14(13)25-9-16(22)24)20-17-23-10-18(2,3)8-15(23)21-26-17;1-5-16-12-13(2,3)10-8-9(18-19(4,14)15)6-7-11(10)17-12/h1,6-7H,5,8-10H2,2-3H3;6-8,12H,5H2,1-4H3/b20-17-;. The van der Waals surface area contributed by atoms with Crippen LogP contribution < -0.4 is 23.4 Å². The second-order valence-corrected chi connectivity index (χ2v) is 14.5. The lowest BCUT2D eigenvalue weighted by Gasteiger charge is -2.28. The number of fused-ring (bicyclic) bond motifs is 3. The second kappa shape index (κ2) is 12.1. The normalized spacial score (nSPS) is 19.3. The zero-order valence-corrected chi connectivity index (χ0v) is 27.6. The zero-order chi connectivity index (χ0) is 32.7. The molecule has 1 atom stereocenters. The molecule has 0 saturated carbocycles. The van der Waals surface area contributed by atoms with Gasteiger partial charge < -0.3 is 23.0 Å². The summed E-state index contributed by atoms with van der Waals surface area (Å²) in [5, 5.41) is 0. The fraction of sp³-hybridized carbons (Fsp3) is 0.452. The molecule has 11 nitrogen and oxygen atoms in total. The number of hydrogen-bond donors (Lipinski definition) is 0. The van der Waals surface area contributed by atoms with Crippen molar-refractivity contribution in [1.29, 1.82) is 0 Å². The molecule has 1 unspecified atom stereocenters. The molecule has 1 amide bonds. The molecule has 0 aliphatic carbocycles. The number of nitrogens with zero attached hydrogens (tertiary/aromatic N) is 4. The van der Waals surface area contributed by atoms with Crippen LogP contribution >= 0.6 is 11.5 Å². The van der Waals surface area contributed by atoms with E-state index >= 15 is 0 Å². The quantitative estimate of drug-likeness (QED) is 0.284. The third-order valence-corrected chi connectivity index (χ3v) is 8.74. The van der Waals surface area contributed by atoms with Crippen molar-refractivity contribution in [2.24, 2.45) is 10.4 Å². The van der Waals surface area contributed by atoms with Crippen LogP contribution in [0.25, 0.3) is 0 Å². The molecular formula is C31H35FN4O7S2. The molecule has 2 aromatic carbocycles.